The number of likely N-dealkylation sites (N-methyl/N-ethyl adjacent to an activating group) is 1. The van der Waals surface area contributed by atoms with E-state index in [1.165, 1.54) is 12.1 Å². The van der Waals surface area contributed by atoms with Crippen molar-refractivity contribution in [1.29, 1.82) is 0 Å². The Balaban J connectivity index is 1.25. The van der Waals surface area contributed by atoms with Crippen LogP contribution < -0.4 is 4.90 Å². The van der Waals surface area contributed by atoms with Gasteiger partial charge in [0.2, 0.25) is 11.0 Å². The second-order valence-corrected chi connectivity index (χ2v) is 9.14. The van der Waals surface area contributed by atoms with E-state index in [0.717, 1.165) is 67.8 Å². The molecule has 0 bridgehead atoms. The van der Waals surface area contributed by atoms with Crippen LogP contribution in [0.4, 0.5) is 9.52 Å². The smallest absolute Gasteiger partial charge is 0.222 e. The van der Waals surface area contributed by atoms with Crippen molar-refractivity contribution in [2.75, 3.05) is 51.2 Å². The summed E-state index contributed by atoms with van der Waals surface area (Å²) < 4.78 is 13.0. The number of amides is 1. The number of anilines is 1. The molecule has 6 nitrogen and oxygen atoms in total. The van der Waals surface area contributed by atoms with Crippen LogP contribution in [0.5, 0.6) is 0 Å². The molecule has 29 heavy (non-hydrogen) atoms. The van der Waals surface area contributed by atoms with Gasteiger partial charge in [0, 0.05) is 52.1 Å². The van der Waals surface area contributed by atoms with E-state index in [1.807, 2.05) is 4.90 Å². The first kappa shape index (κ1) is 20.2. The van der Waals surface area contributed by atoms with E-state index in [9.17, 15) is 9.18 Å². The fourth-order valence-corrected chi connectivity index (χ4v) is 4.91. The molecule has 4 rings (SSSR count). The lowest BCUT2D eigenvalue weighted by Crippen LogP contribution is -2.47. The van der Waals surface area contributed by atoms with Crippen LogP contribution >= 0.6 is 11.3 Å². The predicted octanol–water partition coefficient (Wildman–Crippen LogP) is 2.65. The van der Waals surface area contributed by atoms with Gasteiger partial charge in [0.15, 0.2) is 0 Å². The van der Waals surface area contributed by atoms with Gasteiger partial charge in [-0.3, -0.25) is 4.79 Å². The maximum atomic E-state index is 13.0. The molecule has 1 aromatic heterocycles. The molecule has 0 radical (unpaired) electrons. The standard InChI is InChI=1S/C21H28FN5OS/c1-25-10-12-26(13-11-25)20(28)15-17-6-8-27(9-7-17)21-24-23-19(29-21)14-16-2-4-18(22)5-3-16/h2-5,17H,6-15H2,1H3. The molecule has 156 valence electrons. The summed E-state index contributed by atoms with van der Waals surface area (Å²) in [4.78, 5) is 19.2. The molecule has 2 aromatic rings. The normalized spacial score (nSPS) is 19.0. The minimum atomic E-state index is -0.222. The van der Waals surface area contributed by atoms with E-state index in [2.05, 4.69) is 27.0 Å². The van der Waals surface area contributed by atoms with Gasteiger partial charge in [-0.1, -0.05) is 23.5 Å². The van der Waals surface area contributed by atoms with Gasteiger partial charge >= 0.3 is 0 Å². The van der Waals surface area contributed by atoms with Gasteiger partial charge in [-0.15, -0.1) is 10.2 Å². The van der Waals surface area contributed by atoms with Crippen LogP contribution in [-0.4, -0.2) is 72.2 Å². The Morgan fingerprint density at radius 2 is 1.76 bits per heavy atom. The van der Waals surface area contributed by atoms with E-state index in [1.54, 1.807) is 23.5 Å². The highest BCUT2D eigenvalue weighted by atomic mass is 32.1. The third-order valence-corrected chi connectivity index (χ3v) is 6.91. The highest BCUT2D eigenvalue weighted by Crippen LogP contribution is 2.28. The molecule has 2 aliphatic rings. The van der Waals surface area contributed by atoms with Gasteiger partial charge in [0.25, 0.3) is 0 Å². The van der Waals surface area contributed by atoms with Crippen molar-refractivity contribution in [2.45, 2.75) is 25.7 Å². The van der Waals surface area contributed by atoms with Crippen molar-refractivity contribution in [3.8, 4) is 0 Å². The minimum Gasteiger partial charge on any atom is -0.347 e. The molecule has 3 heterocycles. The quantitative estimate of drug-likeness (QED) is 0.749. The number of hydrogen-bond acceptors (Lipinski definition) is 6. The Bertz CT molecular complexity index is 811. The molecule has 0 N–H and O–H groups in total. The Labute approximate surface area is 175 Å². The lowest BCUT2D eigenvalue weighted by molar-refractivity contribution is -0.133. The molecule has 0 aliphatic carbocycles. The van der Waals surface area contributed by atoms with E-state index >= 15 is 0 Å². The fraction of sp³-hybridized carbons (Fsp3) is 0.571. The Morgan fingerprint density at radius 1 is 1.07 bits per heavy atom. The van der Waals surface area contributed by atoms with Crippen LogP contribution in [-0.2, 0) is 11.2 Å². The molecular formula is C21H28FN5OS. The van der Waals surface area contributed by atoms with Gasteiger partial charge in [-0.05, 0) is 43.5 Å². The van der Waals surface area contributed by atoms with E-state index in [4.69, 9.17) is 0 Å². The Morgan fingerprint density at radius 3 is 2.45 bits per heavy atom. The SMILES string of the molecule is CN1CCN(C(=O)CC2CCN(c3nnc(Cc4ccc(F)cc4)s3)CC2)CC1. The third kappa shape index (κ3) is 5.30. The molecule has 2 fully saturated rings. The largest absolute Gasteiger partial charge is 0.347 e. The van der Waals surface area contributed by atoms with Gasteiger partial charge in [-0.2, -0.15) is 0 Å². The second kappa shape index (κ2) is 9.17. The maximum absolute atomic E-state index is 13.0. The number of benzene rings is 1. The molecule has 8 heteroatoms. The minimum absolute atomic E-state index is 0.222. The topological polar surface area (TPSA) is 52.6 Å². The van der Waals surface area contributed by atoms with Crippen molar-refractivity contribution in [2.24, 2.45) is 5.92 Å². The zero-order chi connectivity index (χ0) is 20.2. The van der Waals surface area contributed by atoms with Crippen LogP contribution in [0.1, 0.15) is 29.8 Å². The monoisotopic (exact) mass is 417 g/mol. The zero-order valence-electron chi connectivity index (χ0n) is 16.9. The van der Waals surface area contributed by atoms with Crippen molar-refractivity contribution in [3.05, 3.63) is 40.7 Å². The van der Waals surface area contributed by atoms with Crippen LogP contribution in [0, 0.1) is 11.7 Å². The average molecular weight is 418 g/mol. The van der Waals surface area contributed by atoms with E-state index < -0.39 is 0 Å². The lowest BCUT2D eigenvalue weighted by atomic mass is 9.93. The molecule has 0 spiro atoms. The van der Waals surface area contributed by atoms with Crippen LogP contribution in [0.3, 0.4) is 0 Å². The first-order valence-electron chi connectivity index (χ1n) is 10.3. The summed E-state index contributed by atoms with van der Waals surface area (Å²) in [6.45, 7) is 5.51. The van der Waals surface area contributed by atoms with Crippen LogP contribution in [0.2, 0.25) is 0 Å². The second-order valence-electron chi connectivity index (χ2n) is 8.10. The summed E-state index contributed by atoms with van der Waals surface area (Å²) in [5.74, 6) is 0.555. The molecule has 2 aliphatic heterocycles. The summed E-state index contributed by atoms with van der Waals surface area (Å²) in [5.41, 5.74) is 1.04. The van der Waals surface area contributed by atoms with Crippen molar-refractivity contribution >= 4 is 22.4 Å². The molecule has 0 saturated carbocycles. The predicted molar refractivity (Wildman–Crippen MR) is 113 cm³/mol. The van der Waals surface area contributed by atoms with E-state index in [-0.39, 0.29) is 5.82 Å². The zero-order valence-corrected chi connectivity index (χ0v) is 17.7. The molecule has 0 unspecified atom stereocenters. The number of nitrogens with zero attached hydrogens (tertiary/aromatic N) is 5. The fourth-order valence-electron chi connectivity index (χ4n) is 3.98. The number of carbonyl (C=O) groups is 1. The van der Waals surface area contributed by atoms with Crippen LogP contribution in [0.25, 0.3) is 0 Å². The summed E-state index contributed by atoms with van der Waals surface area (Å²) in [6.07, 6.45) is 3.39. The highest BCUT2D eigenvalue weighted by molar-refractivity contribution is 7.15. The molecule has 1 aromatic carbocycles. The van der Waals surface area contributed by atoms with Gasteiger partial charge in [0.1, 0.15) is 10.8 Å². The molecule has 0 atom stereocenters. The van der Waals surface area contributed by atoms with E-state index in [0.29, 0.717) is 24.7 Å². The Hall–Kier alpha value is -2.06. The number of aromatic nitrogens is 2. The first-order valence-corrected chi connectivity index (χ1v) is 11.2. The molecule has 1 amide bonds. The summed E-state index contributed by atoms with van der Waals surface area (Å²) >= 11 is 1.61. The Kier molecular flexibility index (Phi) is 6.40. The van der Waals surface area contributed by atoms with Crippen molar-refractivity contribution in [3.63, 3.8) is 0 Å². The highest BCUT2D eigenvalue weighted by Gasteiger charge is 2.26. The van der Waals surface area contributed by atoms with Gasteiger partial charge in [-0.25, -0.2) is 4.39 Å². The van der Waals surface area contributed by atoms with Gasteiger partial charge in [0.05, 0.1) is 0 Å². The number of piperidine rings is 1. The van der Waals surface area contributed by atoms with Crippen LogP contribution in [0.15, 0.2) is 24.3 Å². The average Bonchev–Trinajstić information content (AvgIpc) is 3.19. The maximum Gasteiger partial charge on any atom is 0.222 e. The number of hydrogen-bond donors (Lipinski definition) is 0. The summed E-state index contributed by atoms with van der Waals surface area (Å²) in [5, 5.41) is 10.6. The number of carbonyl (C=O) groups excluding carboxylic acids is 1. The third-order valence-electron chi connectivity index (χ3n) is 5.93. The molecule has 2 saturated heterocycles. The molecular weight excluding hydrogens is 389 g/mol. The summed E-state index contributed by atoms with van der Waals surface area (Å²) in [7, 11) is 2.11. The number of rotatable bonds is 5. The van der Waals surface area contributed by atoms with Crippen molar-refractivity contribution in [1.82, 2.24) is 20.0 Å². The van der Waals surface area contributed by atoms with Crippen molar-refractivity contribution < 1.29 is 9.18 Å². The number of halogens is 1. The number of piperazine rings is 1. The lowest BCUT2D eigenvalue weighted by Gasteiger charge is -2.35. The summed E-state index contributed by atoms with van der Waals surface area (Å²) in [6, 6.07) is 6.54. The first-order chi connectivity index (χ1) is 14.1. The van der Waals surface area contributed by atoms with Gasteiger partial charge < -0.3 is 14.7 Å².